The molecule has 2 aliphatic rings. The quantitative estimate of drug-likeness (QED) is 0.756. The molecule has 1 spiro atoms. The first-order valence-electron chi connectivity index (χ1n) is 5.30. The van der Waals surface area contributed by atoms with E-state index in [1.807, 2.05) is 11.8 Å². The maximum atomic E-state index is 5.87. The van der Waals surface area contributed by atoms with Crippen LogP contribution in [0.2, 0.25) is 0 Å². The van der Waals surface area contributed by atoms with Gasteiger partial charge in [0.25, 0.3) is 0 Å². The van der Waals surface area contributed by atoms with Crippen LogP contribution in [-0.2, 0) is 4.74 Å². The zero-order chi connectivity index (χ0) is 9.15. The Bertz CT molecular complexity index is 170. The molecule has 13 heavy (non-hydrogen) atoms. The molecule has 1 unspecified atom stereocenters. The minimum absolute atomic E-state index is 0.310. The number of hydrogen-bond acceptors (Lipinski definition) is 3. The van der Waals surface area contributed by atoms with Crippen LogP contribution in [0.1, 0.15) is 32.1 Å². The van der Waals surface area contributed by atoms with Crippen LogP contribution >= 0.6 is 11.8 Å². The smallest absolute Gasteiger partial charge is 0.0693 e. The Morgan fingerprint density at radius 1 is 1.46 bits per heavy atom. The predicted molar refractivity (Wildman–Crippen MR) is 57.1 cm³/mol. The Morgan fingerprint density at radius 2 is 2.31 bits per heavy atom. The van der Waals surface area contributed by atoms with Crippen molar-refractivity contribution in [2.45, 2.75) is 43.0 Å². The highest BCUT2D eigenvalue weighted by Crippen LogP contribution is 2.44. The first-order valence-corrected chi connectivity index (χ1v) is 6.35. The van der Waals surface area contributed by atoms with Gasteiger partial charge >= 0.3 is 0 Å². The van der Waals surface area contributed by atoms with Crippen molar-refractivity contribution in [2.75, 3.05) is 18.9 Å². The lowest BCUT2D eigenvalue weighted by Crippen LogP contribution is -2.46. The standard InChI is InChI=1S/C10H19NOS/c11-5-7-13-9-2-6-12-10(8-9)3-1-4-10/h9H,1-8,11H2. The SMILES string of the molecule is NCCSC1CCOC2(CCC2)C1. The summed E-state index contributed by atoms with van der Waals surface area (Å²) in [6.07, 6.45) is 6.47. The van der Waals surface area contributed by atoms with E-state index in [1.54, 1.807) is 0 Å². The largest absolute Gasteiger partial charge is 0.375 e. The van der Waals surface area contributed by atoms with E-state index in [1.165, 1.54) is 32.1 Å². The highest BCUT2D eigenvalue weighted by molar-refractivity contribution is 7.99. The average Bonchev–Trinajstić information content (AvgIpc) is 2.13. The lowest BCUT2D eigenvalue weighted by molar-refractivity contribution is -0.125. The van der Waals surface area contributed by atoms with Crippen LogP contribution in [0.4, 0.5) is 0 Å². The Morgan fingerprint density at radius 3 is 2.92 bits per heavy atom. The summed E-state index contributed by atoms with van der Waals surface area (Å²) in [5.41, 5.74) is 5.82. The Hall–Kier alpha value is 0.270. The molecule has 0 aromatic carbocycles. The number of rotatable bonds is 3. The van der Waals surface area contributed by atoms with Crippen LogP contribution < -0.4 is 5.73 Å². The molecule has 2 rings (SSSR count). The van der Waals surface area contributed by atoms with Crippen molar-refractivity contribution in [1.29, 1.82) is 0 Å². The van der Waals surface area contributed by atoms with E-state index >= 15 is 0 Å². The third kappa shape index (κ3) is 2.20. The van der Waals surface area contributed by atoms with E-state index in [0.29, 0.717) is 5.60 Å². The Balaban J connectivity index is 1.78. The van der Waals surface area contributed by atoms with E-state index in [2.05, 4.69) is 0 Å². The number of ether oxygens (including phenoxy) is 1. The van der Waals surface area contributed by atoms with Crippen molar-refractivity contribution >= 4 is 11.8 Å². The lowest BCUT2D eigenvalue weighted by Gasteiger charge is -2.47. The molecule has 76 valence electrons. The normalized spacial score (nSPS) is 31.6. The summed E-state index contributed by atoms with van der Waals surface area (Å²) in [6, 6.07) is 0. The first kappa shape index (κ1) is 9.81. The fourth-order valence-corrected chi connectivity index (χ4v) is 3.43. The van der Waals surface area contributed by atoms with Gasteiger partial charge in [0.15, 0.2) is 0 Å². The van der Waals surface area contributed by atoms with Gasteiger partial charge in [-0.25, -0.2) is 0 Å². The summed E-state index contributed by atoms with van der Waals surface area (Å²) in [5.74, 6) is 1.11. The minimum atomic E-state index is 0.310. The monoisotopic (exact) mass is 201 g/mol. The summed E-state index contributed by atoms with van der Waals surface area (Å²) in [4.78, 5) is 0. The summed E-state index contributed by atoms with van der Waals surface area (Å²) >= 11 is 2.04. The molecule has 2 fully saturated rings. The molecular formula is C10H19NOS. The molecule has 0 aromatic heterocycles. The predicted octanol–water partition coefficient (Wildman–Crippen LogP) is 1.78. The molecule has 3 heteroatoms. The lowest BCUT2D eigenvalue weighted by atomic mass is 9.75. The van der Waals surface area contributed by atoms with Crippen molar-refractivity contribution in [1.82, 2.24) is 0 Å². The highest BCUT2D eigenvalue weighted by atomic mass is 32.2. The van der Waals surface area contributed by atoms with Crippen LogP contribution in [0.5, 0.6) is 0 Å². The second-order valence-corrected chi connectivity index (χ2v) is 5.57. The van der Waals surface area contributed by atoms with Gasteiger partial charge in [0, 0.05) is 24.2 Å². The molecule has 1 aliphatic carbocycles. The highest BCUT2D eigenvalue weighted by Gasteiger charge is 2.42. The zero-order valence-corrected chi connectivity index (χ0v) is 8.94. The minimum Gasteiger partial charge on any atom is -0.375 e. The van der Waals surface area contributed by atoms with Gasteiger partial charge in [-0.15, -0.1) is 0 Å². The van der Waals surface area contributed by atoms with Crippen molar-refractivity contribution in [2.24, 2.45) is 5.73 Å². The maximum absolute atomic E-state index is 5.87. The summed E-state index contributed by atoms with van der Waals surface area (Å²) in [7, 11) is 0. The fourth-order valence-electron chi connectivity index (χ4n) is 2.28. The number of nitrogens with two attached hydrogens (primary N) is 1. The van der Waals surface area contributed by atoms with Crippen LogP contribution in [0.25, 0.3) is 0 Å². The second-order valence-electron chi connectivity index (χ2n) is 4.16. The Kier molecular flexibility index (Phi) is 3.17. The molecule has 1 heterocycles. The molecule has 2 nitrogen and oxygen atoms in total. The molecule has 0 amide bonds. The van der Waals surface area contributed by atoms with Gasteiger partial charge in [0.1, 0.15) is 0 Å². The molecule has 0 aromatic rings. The van der Waals surface area contributed by atoms with Gasteiger partial charge < -0.3 is 10.5 Å². The van der Waals surface area contributed by atoms with Crippen LogP contribution in [-0.4, -0.2) is 29.8 Å². The van der Waals surface area contributed by atoms with Crippen LogP contribution in [0.3, 0.4) is 0 Å². The van der Waals surface area contributed by atoms with E-state index in [0.717, 1.165) is 24.2 Å². The molecule has 1 atom stereocenters. The van der Waals surface area contributed by atoms with Crippen LogP contribution in [0.15, 0.2) is 0 Å². The van der Waals surface area contributed by atoms with Crippen molar-refractivity contribution in [3.8, 4) is 0 Å². The summed E-state index contributed by atoms with van der Waals surface area (Å²) in [5, 5.41) is 0.817. The molecule has 1 saturated heterocycles. The van der Waals surface area contributed by atoms with Gasteiger partial charge in [-0.1, -0.05) is 0 Å². The third-order valence-electron chi connectivity index (χ3n) is 3.18. The molecule has 0 bridgehead atoms. The molecule has 1 saturated carbocycles. The number of hydrogen-bond donors (Lipinski definition) is 1. The van der Waals surface area contributed by atoms with Gasteiger partial charge in [-0.05, 0) is 32.1 Å². The molecule has 1 aliphatic heterocycles. The van der Waals surface area contributed by atoms with E-state index in [9.17, 15) is 0 Å². The fraction of sp³-hybridized carbons (Fsp3) is 1.00. The Labute approximate surface area is 84.6 Å². The zero-order valence-electron chi connectivity index (χ0n) is 8.13. The summed E-state index contributed by atoms with van der Waals surface area (Å²) in [6.45, 7) is 1.79. The van der Waals surface area contributed by atoms with Crippen molar-refractivity contribution in [3.63, 3.8) is 0 Å². The van der Waals surface area contributed by atoms with Crippen LogP contribution in [0, 0.1) is 0 Å². The molecular weight excluding hydrogens is 182 g/mol. The van der Waals surface area contributed by atoms with E-state index in [-0.39, 0.29) is 0 Å². The van der Waals surface area contributed by atoms with Crippen molar-refractivity contribution in [3.05, 3.63) is 0 Å². The van der Waals surface area contributed by atoms with Gasteiger partial charge in [0.05, 0.1) is 5.60 Å². The molecule has 0 radical (unpaired) electrons. The average molecular weight is 201 g/mol. The van der Waals surface area contributed by atoms with E-state index in [4.69, 9.17) is 10.5 Å². The van der Waals surface area contributed by atoms with Crippen molar-refractivity contribution < 1.29 is 4.74 Å². The van der Waals surface area contributed by atoms with E-state index < -0.39 is 0 Å². The van der Waals surface area contributed by atoms with Gasteiger partial charge in [-0.2, -0.15) is 11.8 Å². The molecule has 2 N–H and O–H groups in total. The van der Waals surface area contributed by atoms with Gasteiger partial charge in [-0.3, -0.25) is 0 Å². The topological polar surface area (TPSA) is 35.2 Å². The first-order chi connectivity index (χ1) is 6.35. The third-order valence-corrected chi connectivity index (χ3v) is 4.53. The maximum Gasteiger partial charge on any atom is 0.0693 e. The summed E-state index contributed by atoms with van der Waals surface area (Å²) < 4.78 is 5.87. The number of thioether (sulfide) groups is 1. The second kappa shape index (κ2) is 4.20. The van der Waals surface area contributed by atoms with Gasteiger partial charge in [0.2, 0.25) is 0 Å².